The highest BCUT2D eigenvalue weighted by Gasteiger charge is 2.10. The van der Waals surface area contributed by atoms with Gasteiger partial charge in [-0.05, 0) is 31.5 Å². The van der Waals surface area contributed by atoms with E-state index >= 15 is 0 Å². The van der Waals surface area contributed by atoms with Gasteiger partial charge in [0.15, 0.2) is 5.75 Å². The number of aromatic nitrogens is 2. The minimum Gasteiger partial charge on any atom is -0.478 e. The number of nitrogens with zero attached hydrogens (tertiary/aromatic N) is 2. The van der Waals surface area contributed by atoms with Gasteiger partial charge in [0.2, 0.25) is 5.88 Å². The molecular weight excluding hydrogens is 244 g/mol. The fourth-order valence-corrected chi connectivity index (χ4v) is 1.61. The molecule has 0 bridgehead atoms. The molecule has 0 aromatic carbocycles. The Labute approximate surface area is 110 Å². The van der Waals surface area contributed by atoms with E-state index in [1.54, 1.807) is 24.4 Å². The molecule has 0 unspecified atom stereocenters. The Morgan fingerprint density at radius 1 is 1.42 bits per heavy atom. The average molecular weight is 258 g/mol. The first-order chi connectivity index (χ1) is 9.10. The van der Waals surface area contributed by atoms with E-state index in [-0.39, 0.29) is 11.4 Å². The summed E-state index contributed by atoms with van der Waals surface area (Å²) in [6.45, 7) is 3.73. The summed E-state index contributed by atoms with van der Waals surface area (Å²) in [5, 5.41) is 9.05. The number of pyridine rings is 2. The number of hydrogen-bond donors (Lipinski definition) is 1. The van der Waals surface area contributed by atoms with Crippen LogP contribution < -0.4 is 4.74 Å². The van der Waals surface area contributed by atoms with Gasteiger partial charge in [0.05, 0.1) is 11.3 Å². The topological polar surface area (TPSA) is 72.3 Å². The molecule has 19 heavy (non-hydrogen) atoms. The van der Waals surface area contributed by atoms with Crippen molar-refractivity contribution in [3.63, 3.8) is 0 Å². The second-order valence-corrected chi connectivity index (χ2v) is 4.03. The number of carbonyl (C=O) groups is 1. The fraction of sp³-hybridized carbons (Fsp3) is 0.214. The van der Waals surface area contributed by atoms with E-state index in [1.807, 2.05) is 13.8 Å². The highest BCUT2D eigenvalue weighted by molar-refractivity contribution is 5.88. The van der Waals surface area contributed by atoms with Crippen molar-refractivity contribution < 1.29 is 14.6 Å². The SMILES string of the molecule is CCc1cc(C(=O)O)cc(Oc2cccnc2C)n1. The van der Waals surface area contributed by atoms with Crippen LogP contribution in [0.2, 0.25) is 0 Å². The molecule has 0 spiro atoms. The number of carboxylic acid groups (broad SMARTS) is 1. The summed E-state index contributed by atoms with van der Waals surface area (Å²) in [6.07, 6.45) is 2.31. The molecule has 2 aromatic heterocycles. The van der Waals surface area contributed by atoms with Gasteiger partial charge in [0, 0.05) is 18.0 Å². The molecule has 0 aliphatic carbocycles. The van der Waals surface area contributed by atoms with Crippen molar-refractivity contribution in [1.82, 2.24) is 9.97 Å². The number of ether oxygens (including phenoxy) is 1. The lowest BCUT2D eigenvalue weighted by Crippen LogP contribution is -2.02. The second kappa shape index (κ2) is 5.48. The molecule has 0 radical (unpaired) electrons. The molecule has 0 amide bonds. The van der Waals surface area contributed by atoms with Gasteiger partial charge in [-0.3, -0.25) is 4.98 Å². The molecule has 2 rings (SSSR count). The maximum atomic E-state index is 11.0. The average Bonchev–Trinajstić information content (AvgIpc) is 2.41. The van der Waals surface area contributed by atoms with Gasteiger partial charge in [0.25, 0.3) is 0 Å². The van der Waals surface area contributed by atoms with Crippen molar-refractivity contribution in [2.45, 2.75) is 20.3 Å². The Morgan fingerprint density at radius 3 is 2.84 bits per heavy atom. The molecule has 1 N–H and O–H groups in total. The minimum absolute atomic E-state index is 0.170. The molecular formula is C14H14N2O3. The van der Waals surface area contributed by atoms with Crippen LogP contribution in [0.1, 0.15) is 28.7 Å². The van der Waals surface area contributed by atoms with E-state index in [4.69, 9.17) is 9.84 Å². The quantitative estimate of drug-likeness (QED) is 0.912. The standard InChI is InChI=1S/C14H14N2O3/c1-3-11-7-10(14(17)18)8-13(16-11)19-12-5-4-6-15-9(12)2/h4-8H,3H2,1-2H3,(H,17,18). The van der Waals surface area contributed by atoms with Crippen molar-refractivity contribution in [3.05, 3.63) is 47.4 Å². The molecule has 0 fully saturated rings. The van der Waals surface area contributed by atoms with E-state index in [2.05, 4.69) is 9.97 Å². The third-order valence-corrected chi connectivity index (χ3v) is 2.64. The molecule has 5 heteroatoms. The zero-order chi connectivity index (χ0) is 13.8. The molecule has 2 aromatic rings. The lowest BCUT2D eigenvalue weighted by Gasteiger charge is -2.09. The van der Waals surface area contributed by atoms with Crippen molar-refractivity contribution in [1.29, 1.82) is 0 Å². The lowest BCUT2D eigenvalue weighted by molar-refractivity contribution is 0.0696. The Bertz CT molecular complexity index is 611. The Balaban J connectivity index is 2.37. The van der Waals surface area contributed by atoms with Gasteiger partial charge in [-0.15, -0.1) is 0 Å². The summed E-state index contributed by atoms with van der Waals surface area (Å²) >= 11 is 0. The number of carboxylic acids is 1. The van der Waals surface area contributed by atoms with Gasteiger partial charge in [-0.1, -0.05) is 6.92 Å². The predicted molar refractivity (Wildman–Crippen MR) is 69.6 cm³/mol. The van der Waals surface area contributed by atoms with Gasteiger partial charge in [-0.2, -0.15) is 0 Å². The first-order valence-electron chi connectivity index (χ1n) is 5.94. The van der Waals surface area contributed by atoms with E-state index in [1.165, 1.54) is 6.07 Å². The monoisotopic (exact) mass is 258 g/mol. The maximum absolute atomic E-state index is 11.0. The van der Waals surface area contributed by atoms with E-state index in [9.17, 15) is 4.79 Å². The van der Waals surface area contributed by atoms with Gasteiger partial charge in [0.1, 0.15) is 0 Å². The van der Waals surface area contributed by atoms with Crippen LogP contribution in [0.4, 0.5) is 0 Å². The predicted octanol–water partition coefficient (Wildman–Crippen LogP) is 2.84. The van der Waals surface area contributed by atoms with Crippen molar-refractivity contribution in [2.24, 2.45) is 0 Å². The molecule has 0 aliphatic rings. The molecule has 98 valence electrons. The third kappa shape index (κ3) is 3.07. The lowest BCUT2D eigenvalue weighted by atomic mass is 10.2. The summed E-state index contributed by atoms with van der Waals surface area (Å²) in [5.41, 5.74) is 1.57. The van der Waals surface area contributed by atoms with Crippen LogP contribution in [0.5, 0.6) is 11.6 Å². The Hall–Kier alpha value is -2.43. The van der Waals surface area contributed by atoms with Crippen LogP contribution in [0.3, 0.4) is 0 Å². The normalized spacial score (nSPS) is 10.2. The summed E-state index contributed by atoms with van der Waals surface area (Å²) < 4.78 is 5.61. The second-order valence-electron chi connectivity index (χ2n) is 4.03. The highest BCUT2D eigenvalue weighted by Crippen LogP contribution is 2.23. The molecule has 0 aliphatic heterocycles. The van der Waals surface area contributed by atoms with Crippen LogP contribution in [-0.4, -0.2) is 21.0 Å². The smallest absolute Gasteiger partial charge is 0.335 e. The summed E-state index contributed by atoms with van der Waals surface area (Å²) in [7, 11) is 0. The third-order valence-electron chi connectivity index (χ3n) is 2.64. The Kier molecular flexibility index (Phi) is 3.75. The van der Waals surface area contributed by atoms with Crippen molar-refractivity contribution >= 4 is 5.97 Å². The first kappa shape index (κ1) is 13.0. The molecule has 0 saturated heterocycles. The van der Waals surface area contributed by atoms with E-state index < -0.39 is 5.97 Å². The van der Waals surface area contributed by atoms with Crippen LogP contribution in [0.15, 0.2) is 30.5 Å². The van der Waals surface area contributed by atoms with Crippen LogP contribution >= 0.6 is 0 Å². The molecule has 0 saturated carbocycles. The summed E-state index contributed by atoms with van der Waals surface area (Å²) in [6, 6.07) is 6.48. The zero-order valence-electron chi connectivity index (χ0n) is 10.8. The number of aryl methyl sites for hydroxylation is 2. The minimum atomic E-state index is -0.996. The zero-order valence-corrected chi connectivity index (χ0v) is 10.8. The van der Waals surface area contributed by atoms with Crippen LogP contribution in [0.25, 0.3) is 0 Å². The summed E-state index contributed by atoms with van der Waals surface area (Å²) in [5.74, 6) is -0.155. The van der Waals surface area contributed by atoms with E-state index in [0.29, 0.717) is 17.9 Å². The van der Waals surface area contributed by atoms with E-state index in [0.717, 1.165) is 5.69 Å². The Morgan fingerprint density at radius 2 is 2.21 bits per heavy atom. The number of hydrogen-bond acceptors (Lipinski definition) is 4. The van der Waals surface area contributed by atoms with Gasteiger partial charge < -0.3 is 9.84 Å². The number of rotatable bonds is 4. The van der Waals surface area contributed by atoms with Crippen molar-refractivity contribution in [2.75, 3.05) is 0 Å². The highest BCUT2D eigenvalue weighted by atomic mass is 16.5. The molecule has 5 nitrogen and oxygen atoms in total. The molecule has 0 atom stereocenters. The maximum Gasteiger partial charge on any atom is 0.335 e. The van der Waals surface area contributed by atoms with Gasteiger partial charge in [-0.25, -0.2) is 9.78 Å². The van der Waals surface area contributed by atoms with Gasteiger partial charge >= 0.3 is 5.97 Å². The van der Waals surface area contributed by atoms with Crippen LogP contribution in [-0.2, 0) is 6.42 Å². The molecule has 2 heterocycles. The fourth-order valence-electron chi connectivity index (χ4n) is 1.61. The largest absolute Gasteiger partial charge is 0.478 e. The van der Waals surface area contributed by atoms with Crippen molar-refractivity contribution in [3.8, 4) is 11.6 Å². The first-order valence-corrected chi connectivity index (χ1v) is 5.94. The van der Waals surface area contributed by atoms with Crippen LogP contribution in [0, 0.1) is 6.92 Å². The number of aromatic carboxylic acids is 1. The summed E-state index contributed by atoms with van der Waals surface area (Å²) in [4.78, 5) is 19.4.